The Hall–Kier alpha value is -0.430. The molecule has 0 amide bonds. The van der Waals surface area contributed by atoms with Crippen molar-refractivity contribution in [3.63, 3.8) is 0 Å². The molecule has 0 aliphatic carbocycles. The molecule has 0 bridgehead atoms. The van der Waals surface area contributed by atoms with E-state index in [1.165, 1.54) is 12.8 Å². The highest BCUT2D eigenvalue weighted by molar-refractivity contribution is 6.31. The van der Waals surface area contributed by atoms with Crippen molar-refractivity contribution in [1.82, 2.24) is 0 Å². The minimum atomic E-state index is 0.661. The molecule has 0 saturated carbocycles. The monoisotopic (exact) mass is 186 g/mol. The van der Waals surface area contributed by atoms with Gasteiger partial charge < -0.3 is 4.74 Å². The van der Waals surface area contributed by atoms with Crippen LogP contribution in [0.1, 0.15) is 33.1 Å². The predicted octanol–water partition coefficient (Wildman–Crippen LogP) is 3.60. The van der Waals surface area contributed by atoms with Crippen LogP contribution in [0.25, 0.3) is 0 Å². The Labute approximate surface area is 79.1 Å². The summed E-state index contributed by atoms with van der Waals surface area (Å²) in [6.07, 6.45) is 5.33. The molecule has 12 heavy (non-hydrogen) atoms. The molecule has 0 atom stereocenters. The van der Waals surface area contributed by atoms with Crippen molar-refractivity contribution in [2.75, 3.05) is 6.61 Å². The van der Waals surface area contributed by atoms with Gasteiger partial charge in [-0.1, -0.05) is 24.9 Å². The second-order valence-corrected chi connectivity index (χ2v) is 3.54. The molecule has 0 spiro atoms. The maximum atomic E-state index is 5.96. The average Bonchev–Trinajstić information content (AvgIpc) is 2.07. The third-order valence-electron chi connectivity index (χ3n) is 1.95. The Balaban J connectivity index is 2.51. The Morgan fingerprint density at radius 3 is 2.92 bits per heavy atom. The first-order valence-electron chi connectivity index (χ1n) is 4.42. The van der Waals surface area contributed by atoms with Gasteiger partial charge in [-0.15, -0.1) is 0 Å². The molecule has 0 unspecified atom stereocenters. The van der Waals surface area contributed by atoms with Crippen molar-refractivity contribution < 1.29 is 4.74 Å². The highest BCUT2D eigenvalue weighted by Gasteiger charge is 2.08. The van der Waals surface area contributed by atoms with Crippen LogP contribution in [-0.2, 0) is 4.74 Å². The lowest BCUT2D eigenvalue weighted by Gasteiger charge is -2.16. The molecule has 0 aromatic heterocycles. The molecule has 0 N–H and O–H groups in total. The summed E-state index contributed by atoms with van der Waals surface area (Å²) in [5, 5.41) is 0.854. The van der Waals surface area contributed by atoms with Crippen molar-refractivity contribution in [3.8, 4) is 0 Å². The summed E-state index contributed by atoms with van der Waals surface area (Å²) in [5.74, 6) is 1.03. The van der Waals surface area contributed by atoms with Crippen molar-refractivity contribution in [2.45, 2.75) is 33.1 Å². The molecule has 1 heterocycles. The van der Waals surface area contributed by atoms with E-state index in [4.69, 9.17) is 16.3 Å². The van der Waals surface area contributed by atoms with E-state index >= 15 is 0 Å². The van der Waals surface area contributed by atoms with E-state index in [0.717, 1.165) is 22.8 Å². The van der Waals surface area contributed by atoms with Gasteiger partial charge in [-0.2, -0.15) is 0 Å². The van der Waals surface area contributed by atoms with Gasteiger partial charge in [-0.3, -0.25) is 0 Å². The number of rotatable bonds is 3. The molecule has 0 fully saturated rings. The molecular weight excluding hydrogens is 172 g/mol. The van der Waals surface area contributed by atoms with Gasteiger partial charge in [0, 0.05) is 11.5 Å². The summed E-state index contributed by atoms with van der Waals surface area (Å²) in [5.41, 5.74) is 1.12. The first-order valence-corrected chi connectivity index (χ1v) is 4.80. The van der Waals surface area contributed by atoms with Gasteiger partial charge in [-0.05, 0) is 25.0 Å². The summed E-state index contributed by atoms with van der Waals surface area (Å²) >= 11 is 5.96. The Kier molecular flexibility index (Phi) is 3.67. The highest BCUT2D eigenvalue weighted by atomic mass is 35.5. The molecule has 1 rings (SSSR count). The Morgan fingerprint density at radius 1 is 1.58 bits per heavy atom. The lowest BCUT2D eigenvalue weighted by atomic mass is 10.1. The fourth-order valence-electron chi connectivity index (χ4n) is 1.07. The van der Waals surface area contributed by atoms with Crippen molar-refractivity contribution >= 4 is 11.6 Å². The molecule has 0 saturated heterocycles. The zero-order valence-corrected chi connectivity index (χ0v) is 8.45. The Bertz CT molecular complexity index is 216. The van der Waals surface area contributed by atoms with E-state index in [1.807, 2.05) is 13.0 Å². The molecule has 1 nitrogen and oxygen atoms in total. The maximum absolute atomic E-state index is 5.96. The van der Waals surface area contributed by atoms with E-state index in [2.05, 4.69) is 6.92 Å². The molecule has 0 aromatic rings. The lowest BCUT2D eigenvalue weighted by Crippen LogP contribution is -2.03. The normalized spacial score (nSPS) is 17.4. The molecular formula is C10H15ClO. The summed E-state index contributed by atoms with van der Waals surface area (Å²) < 4.78 is 5.48. The lowest BCUT2D eigenvalue weighted by molar-refractivity contribution is 0.221. The first-order chi connectivity index (χ1) is 5.74. The quantitative estimate of drug-likeness (QED) is 0.655. The number of hydrogen-bond acceptors (Lipinski definition) is 1. The number of halogens is 1. The number of ether oxygens (including phenoxy) is 1. The van der Waals surface area contributed by atoms with Gasteiger partial charge in [0.15, 0.2) is 0 Å². The third-order valence-corrected chi connectivity index (χ3v) is 2.38. The Morgan fingerprint density at radius 2 is 2.33 bits per heavy atom. The third kappa shape index (κ3) is 2.56. The molecule has 0 aromatic carbocycles. The smallest absolute Gasteiger partial charge is 0.110 e. The first kappa shape index (κ1) is 9.66. The van der Waals surface area contributed by atoms with Crippen LogP contribution in [0.5, 0.6) is 0 Å². The van der Waals surface area contributed by atoms with Gasteiger partial charge in [-0.25, -0.2) is 0 Å². The fraction of sp³-hybridized carbons (Fsp3) is 0.600. The molecule has 68 valence electrons. The second-order valence-electron chi connectivity index (χ2n) is 3.13. The van der Waals surface area contributed by atoms with E-state index in [1.54, 1.807) is 0 Å². The largest absolute Gasteiger partial charge is 0.493 e. The number of allylic oxidation sites excluding steroid dienone is 3. The van der Waals surface area contributed by atoms with Crippen LogP contribution in [-0.4, -0.2) is 6.61 Å². The SMILES string of the molecule is CCCCC1=CC(Cl)=C(C)CO1. The minimum Gasteiger partial charge on any atom is -0.493 e. The topological polar surface area (TPSA) is 9.23 Å². The van der Waals surface area contributed by atoms with Crippen LogP contribution in [0.3, 0.4) is 0 Å². The summed E-state index contributed by atoms with van der Waals surface area (Å²) in [6, 6.07) is 0. The molecule has 1 aliphatic heterocycles. The van der Waals surface area contributed by atoms with Crippen LogP contribution in [0.2, 0.25) is 0 Å². The van der Waals surface area contributed by atoms with Gasteiger partial charge in [0.1, 0.15) is 6.61 Å². The van der Waals surface area contributed by atoms with Gasteiger partial charge in [0.2, 0.25) is 0 Å². The number of unbranched alkanes of at least 4 members (excludes halogenated alkanes) is 1. The molecule has 2 heteroatoms. The zero-order chi connectivity index (χ0) is 8.97. The molecule has 1 aliphatic rings. The summed E-state index contributed by atoms with van der Waals surface area (Å²) in [6.45, 7) is 4.83. The van der Waals surface area contributed by atoms with Crippen molar-refractivity contribution in [3.05, 3.63) is 22.4 Å². The van der Waals surface area contributed by atoms with E-state index in [0.29, 0.717) is 6.61 Å². The van der Waals surface area contributed by atoms with E-state index in [9.17, 15) is 0 Å². The van der Waals surface area contributed by atoms with E-state index < -0.39 is 0 Å². The van der Waals surface area contributed by atoms with Crippen LogP contribution >= 0.6 is 11.6 Å². The second kappa shape index (κ2) is 4.56. The summed E-state index contributed by atoms with van der Waals surface area (Å²) in [4.78, 5) is 0. The van der Waals surface area contributed by atoms with Crippen LogP contribution < -0.4 is 0 Å². The standard InChI is InChI=1S/C10H15ClO/c1-3-4-5-9-6-10(11)8(2)7-12-9/h6H,3-5,7H2,1-2H3. The summed E-state index contributed by atoms with van der Waals surface area (Å²) in [7, 11) is 0. The average molecular weight is 187 g/mol. The van der Waals surface area contributed by atoms with Crippen molar-refractivity contribution in [2.24, 2.45) is 0 Å². The van der Waals surface area contributed by atoms with Crippen molar-refractivity contribution in [1.29, 1.82) is 0 Å². The van der Waals surface area contributed by atoms with Crippen LogP contribution in [0.15, 0.2) is 22.4 Å². The number of hydrogen-bond donors (Lipinski definition) is 0. The fourth-order valence-corrected chi connectivity index (χ4v) is 1.25. The molecule has 0 radical (unpaired) electrons. The van der Waals surface area contributed by atoms with Gasteiger partial charge in [0.25, 0.3) is 0 Å². The van der Waals surface area contributed by atoms with Gasteiger partial charge >= 0.3 is 0 Å². The van der Waals surface area contributed by atoms with Crippen LogP contribution in [0, 0.1) is 0 Å². The van der Waals surface area contributed by atoms with Gasteiger partial charge in [0.05, 0.1) is 5.76 Å². The maximum Gasteiger partial charge on any atom is 0.110 e. The highest BCUT2D eigenvalue weighted by Crippen LogP contribution is 2.23. The van der Waals surface area contributed by atoms with Crippen LogP contribution in [0.4, 0.5) is 0 Å². The minimum absolute atomic E-state index is 0.661. The zero-order valence-electron chi connectivity index (χ0n) is 7.69. The van der Waals surface area contributed by atoms with E-state index in [-0.39, 0.29) is 0 Å². The predicted molar refractivity (Wildman–Crippen MR) is 52.1 cm³/mol.